The minimum absolute atomic E-state index is 0.0929. The molecule has 1 amide bonds. The molecule has 38 heavy (non-hydrogen) atoms. The highest BCUT2D eigenvalue weighted by atomic mass is 16.6. The van der Waals surface area contributed by atoms with Gasteiger partial charge in [-0.3, -0.25) is 4.90 Å². The van der Waals surface area contributed by atoms with Crippen molar-refractivity contribution in [1.29, 1.82) is 0 Å². The molecular formula is C29H40N6O3. The highest BCUT2D eigenvalue weighted by molar-refractivity contribution is 5.95. The molecule has 1 aliphatic heterocycles. The van der Waals surface area contributed by atoms with E-state index in [9.17, 15) is 9.90 Å². The first-order valence-corrected chi connectivity index (χ1v) is 13.7. The van der Waals surface area contributed by atoms with E-state index in [1.807, 2.05) is 52.2 Å². The average molecular weight is 521 g/mol. The van der Waals surface area contributed by atoms with Crippen LogP contribution in [0.2, 0.25) is 0 Å². The van der Waals surface area contributed by atoms with Gasteiger partial charge in [-0.1, -0.05) is 18.2 Å². The molecule has 204 valence electrons. The highest BCUT2D eigenvalue weighted by Gasteiger charge is 2.37. The second-order valence-corrected chi connectivity index (χ2v) is 11.9. The fraction of sp³-hybridized carbons (Fsp3) is 0.552. The monoisotopic (exact) mass is 520 g/mol. The molecule has 1 saturated carbocycles. The standard InChI is InChI=1S/C29H40N6O3/c1-20-17-31-26(33-25(20)23-18-30-24-10-6-5-9-22(23)24)32-21-8-7-11-29(37,16-21)19-34-12-14-35(15-13-34)27(36)38-28(2,3)4/h5-6,9-10,17-18,21,30,37H,7-8,11-16,19H2,1-4H3,(H,31,32,33)/t21-,29?/m1/s1. The van der Waals surface area contributed by atoms with Gasteiger partial charge in [0.1, 0.15) is 5.60 Å². The van der Waals surface area contributed by atoms with Crippen molar-refractivity contribution in [3.05, 3.63) is 42.2 Å². The molecule has 2 aliphatic rings. The number of nitrogens with zero attached hydrogens (tertiary/aromatic N) is 4. The summed E-state index contributed by atoms with van der Waals surface area (Å²) in [6.45, 7) is 11.0. The van der Waals surface area contributed by atoms with E-state index in [0.29, 0.717) is 32.0 Å². The van der Waals surface area contributed by atoms with Crippen molar-refractivity contribution < 1.29 is 14.6 Å². The molecule has 5 rings (SSSR count). The lowest BCUT2D eigenvalue weighted by Gasteiger charge is -2.43. The summed E-state index contributed by atoms with van der Waals surface area (Å²) in [6, 6.07) is 8.32. The Morgan fingerprint density at radius 2 is 2.00 bits per heavy atom. The second kappa shape index (κ2) is 10.5. The number of rotatable bonds is 5. The number of fused-ring (bicyclic) bond motifs is 1. The number of hydrogen-bond acceptors (Lipinski definition) is 7. The summed E-state index contributed by atoms with van der Waals surface area (Å²) in [5, 5.41) is 16.2. The Bertz CT molecular complexity index is 1280. The lowest BCUT2D eigenvalue weighted by molar-refractivity contribution is -0.0404. The minimum Gasteiger partial charge on any atom is -0.444 e. The van der Waals surface area contributed by atoms with Crippen LogP contribution in [0.25, 0.3) is 22.2 Å². The van der Waals surface area contributed by atoms with Gasteiger partial charge < -0.3 is 25.0 Å². The third-order valence-electron chi connectivity index (χ3n) is 7.51. The quantitative estimate of drug-likeness (QED) is 0.452. The lowest BCUT2D eigenvalue weighted by atomic mass is 9.81. The van der Waals surface area contributed by atoms with Gasteiger partial charge in [-0.05, 0) is 65.0 Å². The molecule has 0 spiro atoms. The molecule has 3 aromatic rings. The zero-order chi connectivity index (χ0) is 26.9. The number of para-hydroxylation sites is 1. The van der Waals surface area contributed by atoms with E-state index >= 15 is 0 Å². The molecule has 2 atom stereocenters. The largest absolute Gasteiger partial charge is 0.444 e. The molecule has 9 nitrogen and oxygen atoms in total. The maximum absolute atomic E-state index is 12.4. The molecule has 3 heterocycles. The zero-order valence-electron chi connectivity index (χ0n) is 23.0. The van der Waals surface area contributed by atoms with Crippen LogP contribution in [0.15, 0.2) is 36.7 Å². The van der Waals surface area contributed by atoms with Crippen molar-refractivity contribution in [2.75, 3.05) is 38.0 Å². The van der Waals surface area contributed by atoms with Crippen LogP contribution in [-0.4, -0.2) is 85.9 Å². The topological polar surface area (TPSA) is 107 Å². The number of aromatic nitrogens is 3. The number of H-pyrrole nitrogens is 1. The van der Waals surface area contributed by atoms with Crippen molar-refractivity contribution in [3.8, 4) is 11.3 Å². The van der Waals surface area contributed by atoms with Gasteiger partial charge in [0, 0.05) is 67.6 Å². The third-order valence-corrected chi connectivity index (χ3v) is 7.51. The van der Waals surface area contributed by atoms with Crippen LogP contribution in [0.1, 0.15) is 52.0 Å². The number of piperazine rings is 1. The first kappa shape index (κ1) is 26.4. The Morgan fingerprint density at radius 3 is 2.76 bits per heavy atom. The first-order chi connectivity index (χ1) is 18.1. The maximum Gasteiger partial charge on any atom is 0.410 e. The van der Waals surface area contributed by atoms with E-state index < -0.39 is 11.2 Å². The Morgan fingerprint density at radius 1 is 1.24 bits per heavy atom. The summed E-state index contributed by atoms with van der Waals surface area (Å²) >= 11 is 0. The van der Waals surface area contributed by atoms with E-state index in [4.69, 9.17) is 9.72 Å². The fourth-order valence-corrected chi connectivity index (χ4v) is 5.67. The second-order valence-electron chi connectivity index (χ2n) is 11.9. The van der Waals surface area contributed by atoms with Gasteiger partial charge in [0.05, 0.1) is 11.3 Å². The number of aliphatic hydroxyl groups is 1. The van der Waals surface area contributed by atoms with Crippen molar-refractivity contribution in [2.45, 2.75) is 70.6 Å². The first-order valence-electron chi connectivity index (χ1n) is 13.7. The van der Waals surface area contributed by atoms with Crippen LogP contribution in [-0.2, 0) is 4.74 Å². The van der Waals surface area contributed by atoms with Crippen molar-refractivity contribution in [3.63, 3.8) is 0 Å². The predicted molar refractivity (Wildman–Crippen MR) is 149 cm³/mol. The van der Waals surface area contributed by atoms with Gasteiger partial charge in [-0.15, -0.1) is 0 Å². The number of carbonyl (C=O) groups is 1. The summed E-state index contributed by atoms with van der Waals surface area (Å²) in [6.07, 6.45) is 6.92. The highest BCUT2D eigenvalue weighted by Crippen LogP contribution is 2.33. The van der Waals surface area contributed by atoms with Crippen LogP contribution in [0, 0.1) is 6.92 Å². The number of nitrogens with one attached hydrogen (secondary N) is 2. The molecule has 2 aromatic heterocycles. The molecule has 1 aromatic carbocycles. The van der Waals surface area contributed by atoms with Crippen molar-refractivity contribution in [2.24, 2.45) is 0 Å². The number of β-amino-alcohol motifs (C(OH)–C–C–N with tert-alkyl or cyclic N) is 1. The predicted octanol–water partition coefficient (Wildman–Crippen LogP) is 4.57. The smallest absolute Gasteiger partial charge is 0.410 e. The number of anilines is 1. The lowest BCUT2D eigenvalue weighted by Crippen LogP contribution is -2.55. The summed E-state index contributed by atoms with van der Waals surface area (Å²) < 4.78 is 5.51. The Balaban J connectivity index is 1.20. The molecule has 3 N–H and O–H groups in total. The number of aromatic amines is 1. The maximum atomic E-state index is 12.4. The van der Waals surface area contributed by atoms with Crippen LogP contribution < -0.4 is 5.32 Å². The average Bonchev–Trinajstić information content (AvgIpc) is 3.28. The zero-order valence-corrected chi connectivity index (χ0v) is 23.0. The summed E-state index contributed by atoms with van der Waals surface area (Å²) in [5.41, 5.74) is 2.80. The molecule has 0 bridgehead atoms. The number of ether oxygens (including phenoxy) is 1. The van der Waals surface area contributed by atoms with Gasteiger partial charge in [-0.2, -0.15) is 0 Å². The van der Waals surface area contributed by atoms with Gasteiger partial charge in [-0.25, -0.2) is 14.8 Å². The number of aryl methyl sites for hydroxylation is 1. The van der Waals surface area contributed by atoms with Crippen LogP contribution in [0.3, 0.4) is 0 Å². The van der Waals surface area contributed by atoms with Crippen LogP contribution >= 0.6 is 0 Å². The van der Waals surface area contributed by atoms with Crippen LogP contribution in [0.5, 0.6) is 0 Å². The number of benzene rings is 1. The van der Waals surface area contributed by atoms with E-state index in [1.165, 1.54) is 0 Å². The van der Waals surface area contributed by atoms with E-state index in [-0.39, 0.29) is 12.1 Å². The number of carbonyl (C=O) groups excluding carboxylic acids is 1. The number of hydrogen-bond donors (Lipinski definition) is 3. The molecule has 0 radical (unpaired) electrons. The SMILES string of the molecule is Cc1cnc(N[C@@H]2CCCC(O)(CN3CCN(C(=O)OC(C)(C)C)CC3)C2)nc1-c1c[nH]c2ccccc12. The fourth-order valence-electron chi connectivity index (χ4n) is 5.67. The molecule has 1 aliphatic carbocycles. The summed E-state index contributed by atoms with van der Waals surface area (Å²) in [7, 11) is 0. The Hall–Kier alpha value is -3.17. The van der Waals surface area contributed by atoms with E-state index in [1.54, 1.807) is 4.90 Å². The molecular weight excluding hydrogens is 480 g/mol. The van der Waals surface area contributed by atoms with Crippen molar-refractivity contribution >= 4 is 22.9 Å². The molecule has 2 fully saturated rings. The Labute approximate surface area is 224 Å². The normalized spacial score (nSPS) is 23.0. The van der Waals surface area contributed by atoms with E-state index in [0.717, 1.165) is 60.1 Å². The molecule has 9 heteroatoms. The summed E-state index contributed by atoms with van der Waals surface area (Å²) in [4.78, 5) is 29.2. The van der Waals surface area contributed by atoms with Gasteiger partial charge >= 0.3 is 6.09 Å². The number of amides is 1. The summed E-state index contributed by atoms with van der Waals surface area (Å²) in [5.74, 6) is 0.594. The molecule has 1 saturated heterocycles. The van der Waals surface area contributed by atoms with E-state index in [2.05, 4.69) is 32.3 Å². The van der Waals surface area contributed by atoms with Crippen molar-refractivity contribution in [1.82, 2.24) is 24.8 Å². The van der Waals surface area contributed by atoms with Gasteiger partial charge in [0.2, 0.25) is 5.95 Å². The van der Waals surface area contributed by atoms with Crippen LogP contribution in [0.4, 0.5) is 10.7 Å². The minimum atomic E-state index is -0.783. The Kier molecular flexibility index (Phi) is 7.33. The molecule has 1 unspecified atom stereocenters. The third kappa shape index (κ3) is 6.10. The van der Waals surface area contributed by atoms with Gasteiger partial charge in [0.25, 0.3) is 0 Å². The van der Waals surface area contributed by atoms with Gasteiger partial charge in [0.15, 0.2) is 0 Å².